The van der Waals surface area contributed by atoms with Crippen LogP contribution in [0, 0.1) is 0 Å². The molecule has 22 heavy (non-hydrogen) atoms. The molecule has 1 aliphatic heterocycles. The van der Waals surface area contributed by atoms with Crippen LogP contribution in [-0.4, -0.2) is 32.4 Å². The Kier molecular flexibility index (Phi) is 3.09. The highest BCUT2D eigenvalue weighted by Gasteiger charge is 2.31. The summed E-state index contributed by atoms with van der Waals surface area (Å²) in [6.45, 7) is 4.26. The van der Waals surface area contributed by atoms with Crippen molar-refractivity contribution in [3.05, 3.63) is 23.3 Å². The molecule has 0 atom stereocenters. The first kappa shape index (κ1) is 13.3. The van der Waals surface area contributed by atoms with Crippen molar-refractivity contribution < 1.29 is 9.32 Å². The van der Waals surface area contributed by atoms with Gasteiger partial charge in [-0.05, 0) is 24.1 Å². The van der Waals surface area contributed by atoms with E-state index in [4.69, 9.17) is 4.52 Å². The highest BCUT2D eigenvalue weighted by Crippen LogP contribution is 2.39. The van der Waals surface area contributed by atoms with Gasteiger partial charge in [0.05, 0.1) is 31.0 Å². The van der Waals surface area contributed by atoms with E-state index in [-0.39, 0.29) is 5.91 Å². The Morgan fingerprint density at radius 1 is 1.45 bits per heavy atom. The Hall–Kier alpha value is -2.38. The number of anilines is 1. The monoisotopic (exact) mass is 302 g/mol. The first-order valence-corrected chi connectivity index (χ1v) is 7.57. The third kappa shape index (κ3) is 2.56. The maximum Gasteiger partial charge on any atom is 0.266 e. The second kappa shape index (κ2) is 5.11. The molecular weight excluding hydrogens is 284 g/mol. The molecule has 0 radical (unpaired) electrons. The van der Waals surface area contributed by atoms with Crippen molar-refractivity contribution in [1.29, 1.82) is 0 Å². The normalized spacial score (nSPS) is 17.4. The third-order valence-corrected chi connectivity index (χ3v) is 4.01. The lowest BCUT2D eigenvalue weighted by atomic mass is 10.3. The molecule has 0 bridgehead atoms. The molecule has 0 unspecified atom stereocenters. The fourth-order valence-electron chi connectivity index (χ4n) is 2.65. The van der Waals surface area contributed by atoms with Gasteiger partial charge in [-0.25, -0.2) is 0 Å². The largest absolute Gasteiger partial charge is 0.351 e. The Bertz CT molecular complexity index is 702. The molecule has 0 spiro atoms. The fourth-order valence-corrected chi connectivity index (χ4v) is 2.65. The molecule has 0 aromatic carbocycles. The summed E-state index contributed by atoms with van der Waals surface area (Å²) in [5.41, 5.74) is 1.98. The number of carbonyl (C=O) groups is 1. The summed E-state index contributed by atoms with van der Waals surface area (Å²) < 4.78 is 7.31. The number of nitrogens with zero attached hydrogens (tertiary/aromatic N) is 5. The number of hydrogen-bond donors (Lipinski definition) is 1. The van der Waals surface area contributed by atoms with E-state index >= 15 is 0 Å². The molecule has 8 nitrogen and oxygen atoms in total. The molecule has 2 aromatic heterocycles. The van der Waals surface area contributed by atoms with Crippen LogP contribution < -0.4 is 10.2 Å². The molecule has 8 heteroatoms. The summed E-state index contributed by atoms with van der Waals surface area (Å²) in [5, 5.41) is 11.4. The minimum absolute atomic E-state index is 0.0491. The van der Waals surface area contributed by atoms with Gasteiger partial charge in [0, 0.05) is 19.4 Å². The second-order valence-electron chi connectivity index (χ2n) is 5.89. The van der Waals surface area contributed by atoms with E-state index in [9.17, 15) is 4.79 Å². The zero-order chi connectivity index (χ0) is 15.1. The van der Waals surface area contributed by atoms with Crippen molar-refractivity contribution in [2.45, 2.75) is 45.3 Å². The molecule has 1 aliphatic carbocycles. The number of fused-ring (bicyclic) bond motifs is 1. The highest BCUT2D eigenvalue weighted by molar-refractivity contribution is 5.72. The van der Waals surface area contributed by atoms with Crippen LogP contribution >= 0.6 is 0 Å². The molecule has 4 rings (SSSR count). The van der Waals surface area contributed by atoms with Crippen LogP contribution in [-0.2, 0) is 24.4 Å². The Balaban J connectivity index is 1.46. The van der Waals surface area contributed by atoms with Crippen LogP contribution in [0.5, 0.6) is 0 Å². The molecular formula is C14H18N6O2. The lowest BCUT2D eigenvalue weighted by molar-refractivity contribution is -0.119. The van der Waals surface area contributed by atoms with E-state index in [0.717, 1.165) is 43.2 Å². The minimum Gasteiger partial charge on any atom is -0.351 e. The van der Waals surface area contributed by atoms with Crippen molar-refractivity contribution in [1.82, 2.24) is 25.2 Å². The summed E-state index contributed by atoms with van der Waals surface area (Å²) in [5.74, 6) is 1.85. The van der Waals surface area contributed by atoms with Gasteiger partial charge in [-0.1, -0.05) is 0 Å². The maximum absolute atomic E-state index is 11.0. The molecule has 116 valence electrons. The van der Waals surface area contributed by atoms with Gasteiger partial charge in [0.2, 0.25) is 11.8 Å². The molecule has 3 heterocycles. The quantitative estimate of drug-likeness (QED) is 0.898. The SMILES string of the molecule is CC(=O)NCc1cc2n(n1)CCN(c1noc(C3CC3)n1)C2. The number of amides is 1. The first-order chi connectivity index (χ1) is 10.7. The highest BCUT2D eigenvalue weighted by atomic mass is 16.5. The zero-order valence-corrected chi connectivity index (χ0v) is 12.4. The maximum atomic E-state index is 11.0. The van der Waals surface area contributed by atoms with E-state index in [1.54, 1.807) is 0 Å². The van der Waals surface area contributed by atoms with Gasteiger partial charge < -0.3 is 14.7 Å². The molecule has 1 saturated carbocycles. The summed E-state index contributed by atoms with van der Waals surface area (Å²) in [7, 11) is 0. The average Bonchev–Trinajstić information content (AvgIpc) is 3.10. The van der Waals surface area contributed by atoms with Gasteiger partial charge in [0.25, 0.3) is 5.95 Å². The molecule has 2 aromatic rings. The van der Waals surface area contributed by atoms with Crippen LogP contribution in [0.1, 0.15) is 43.0 Å². The average molecular weight is 302 g/mol. The number of carbonyl (C=O) groups excluding carboxylic acids is 1. The van der Waals surface area contributed by atoms with Crippen LogP contribution in [0.15, 0.2) is 10.6 Å². The van der Waals surface area contributed by atoms with Gasteiger partial charge in [0.1, 0.15) is 0 Å². The van der Waals surface area contributed by atoms with Crippen LogP contribution in [0.2, 0.25) is 0 Å². The summed E-state index contributed by atoms with van der Waals surface area (Å²) in [6.07, 6.45) is 2.31. The van der Waals surface area contributed by atoms with Crippen molar-refractivity contribution >= 4 is 11.9 Å². The third-order valence-electron chi connectivity index (χ3n) is 4.01. The summed E-state index contributed by atoms with van der Waals surface area (Å²) >= 11 is 0. The van der Waals surface area contributed by atoms with Gasteiger partial charge >= 0.3 is 0 Å². The molecule has 2 aliphatic rings. The predicted octanol–water partition coefficient (Wildman–Crippen LogP) is 0.800. The molecule has 1 amide bonds. The number of hydrogen-bond acceptors (Lipinski definition) is 6. The fraction of sp³-hybridized carbons (Fsp3) is 0.571. The van der Waals surface area contributed by atoms with Gasteiger partial charge in [-0.3, -0.25) is 9.48 Å². The Morgan fingerprint density at radius 2 is 2.32 bits per heavy atom. The van der Waals surface area contributed by atoms with E-state index in [2.05, 4.69) is 25.5 Å². The minimum atomic E-state index is -0.0491. The Labute approximate surface area is 127 Å². The van der Waals surface area contributed by atoms with E-state index < -0.39 is 0 Å². The number of rotatable bonds is 4. The van der Waals surface area contributed by atoms with Crippen molar-refractivity contribution in [3.63, 3.8) is 0 Å². The standard InChI is InChI=1S/C14H18N6O2/c1-9(21)15-7-11-6-12-8-19(4-5-20(12)17-11)14-16-13(22-18-14)10-2-3-10/h6,10H,2-5,7-8H2,1H3,(H,15,21). The van der Waals surface area contributed by atoms with E-state index in [0.29, 0.717) is 25.0 Å². The van der Waals surface area contributed by atoms with E-state index in [1.807, 2.05) is 10.7 Å². The second-order valence-corrected chi connectivity index (χ2v) is 5.89. The molecule has 1 N–H and O–H groups in total. The van der Waals surface area contributed by atoms with Crippen LogP contribution in [0.25, 0.3) is 0 Å². The molecule has 1 fully saturated rings. The smallest absolute Gasteiger partial charge is 0.266 e. The lowest BCUT2D eigenvalue weighted by Crippen LogP contribution is -2.34. The summed E-state index contributed by atoms with van der Waals surface area (Å²) in [6, 6.07) is 2.02. The first-order valence-electron chi connectivity index (χ1n) is 7.57. The zero-order valence-electron chi connectivity index (χ0n) is 12.4. The summed E-state index contributed by atoms with van der Waals surface area (Å²) in [4.78, 5) is 17.6. The number of aromatic nitrogens is 4. The van der Waals surface area contributed by atoms with Gasteiger partial charge in [0.15, 0.2) is 0 Å². The Morgan fingerprint density at radius 3 is 3.09 bits per heavy atom. The predicted molar refractivity (Wildman–Crippen MR) is 77.1 cm³/mol. The van der Waals surface area contributed by atoms with Crippen molar-refractivity contribution in [2.24, 2.45) is 0 Å². The van der Waals surface area contributed by atoms with Crippen LogP contribution in [0.3, 0.4) is 0 Å². The molecule has 0 saturated heterocycles. The topological polar surface area (TPSA) is 89.1 Å². The number of nitrogens with one attached hydrogen (secondary N) is 1. The van der Waals surface area contributed by atoms with E-state index in [1.165, 1.54) is 6.92 Å². The van der Waals surface area contributed by atoms with Crippen molar-refractivity contribution in [2.75, 3.05) is 11.4 Å². The van der Waals surface area contributed by atoms with Gasteiger partial charge in [-0.2, -0.15) is 10.1 Å². The lowest BCUT2D eigenvalue weighted by Gasteiger charge is -2.25. The van der Waals surface area contributed by atoms with Crippen molar-refractivity contribution in [3.8, 4) is 0 Å². The van der Waals surface area contributed by atoms with Gasteiger partial charge in [-0.15, -0.1) is 0 Å². The van der Waals surface area contributed by atoms with Crippen LogP contribution in [0.4, 0.5) is 5.95 Å².